The summed E-state index contributed by atoms with van der Waals surface area (Å²) in [4.78, 5) is 11.6. The number of esters is 1. The summed E-state index contributed by atoms with van der Waals surface area (Å²) in [7, 11) is 1.43. The highest BCUT2D eigenvalue weighted by Gasteiger charge is 2.40. The van der Waals surface area contributed by atoms with Crippen LogP contribution in [0.1, 0.15) is 24.0 Å². The number of benzene rings is 1. The topological polar surface area (TPSA) is 59.3 Å². The van der Waals surface area contributed by atoms with Crippen molar-refractivity contribution in [3.63, 3.8) is 0 Å². The largest absolute Gasteiger partial charge is 0.437 e. The highest BCUT2D eigenvalue weighted by atomic mass is 16.6. The van der Waals surface area contributed by atoms with Crippen molar-refractivity contribution in [2.24, 2.45) is 0 Å². The zero-order valence-electron chi connectivity index (χ0n) is 10.3. The van der Waals surface area contributed by atoms with Gasteiger partial charge in [-0.05, 0) is 18.4 Å². The summed E-state index contributed by atoms with van der Waals surface area (Å²) >= 11 is 0. The van der Waals surface area contributed by atoms with E-state index in [0.717, 1.165) is 24.0 Å². The van der Waals surface area contributed by atoms with E-state index >= 15 is 0 Å². The number of nitriles is 1. The molecular formula is C14H15NO3. The SMILES string of the molecule is COCC(=O)O[C@@]1(C#N)CCCc2ccccc21. The fourth-order valence-corrected chi connectivity index (χ4v) is 2.38. The van der Waals surface area contributed by atoms with Crippen LogP contribution in [0.15, 0.2) is 24.3 Å². The molecule has 0 N–H and O–H groups in total. The highest BCUT2D eigenvalue weighted by Crippen LogP contribution is 2.38. The number of hydrogen-bond acceptors (Lipinski definition) is 4. The van der Waals surface area contributed by atoms with Gasteiger partial charge in [0.1, 0.15) is 12.7 Å². The normalized spacial score (nSPS) is 21.8. The van der Waals surface area contributed by atoms with Crippen molar-refractivity contribution in [3.8, 4) is 6.07 Å². The van der Waals surface area contributed by atoms with Gasteiger partial charge < -0.3 is 9.47 Å². The Bertz CT molecular complexity index is 492. The van der Waals surface area contributed by atoms with Crippen LogP contribution in [0.3, 0.4) is 0 Å². The van der Waals surface area contributed by atoms with Gasteiger partial charge >= 0.3 is 5.97 Å². The number of fused-ring (bicyclic) bond motifs is 1. The Kier molecular flexibility index (Phi) is 3.63. The van der Waals surface area contributed by atoms with Gasteiger partial charge in [-0.15, -0.1) is 0 Å². The number of ether oxygens (including phenoxy) is 2. The molecule has 0 unspecified atom stereocenters. The van der Waals surface area contributed by atoms with Crippen LogP contribution in [0.4, 0.5) is 0 Å². The van der Waals surface area contributed by atoms with Gasteiger partial charge in [-0.3, -0.25) is 0 Å². The summed E-state index contributed by atoms with van der Waals surface area (Å²) in [6.07, 6.45) is 2.29. The Labute approximate surface area is 106 Å². The van der Waals surface area contributed by atoms with Crippen molar-refractivity contribution in [1.29, 1.82) is 5.26 Å². The van der Waals surface area contributed by atoms with Gasteiger partial charge in [0.25, 0.3) is 0 Å². The first-order valence-electron chi connectivity index (χ1n) is 5.92. The summed E-state index contributed by atoms with van der Waals surface area (Å²) in [6, 6.07) is 9.80. The average molecular weight is 245 g/mol. The molecule has 1 aromatic carbocycles. The Balaban J connectivity index is 2.34. The molecule has 0 aliphatic heterocycles. The Morgan fingerprint density at radius 2 is 2.28 bits per heavy atom. The Morgan fingerprint density at radius 1 is 1.50 bits per heavy atom. The second-order valence-corrected chi connectivity index (χ2v) is 4.36. The monoisotopic (exact) mass is 245 g/mol. The first-order chi connectivity index (χ1) is 8.72. The van der Waals surface area contributed by atoms with Crippen molar-refractivity contribution in [3.05, 3.63) is 35.4 Å². The number of nitrogens with zero attached hydrogens (tertiary/aromatic N) is 1. The van der Waals surface area contributed by atoms with Crippen LogP contribution in [0.5, 0.6) is 0 Å². The number of rotatable bonds is 3. The van der Waals surface area contributed by atoms with Crippen LogP contribution in [0.2, 0.25) is 0 Å². The molecular weight excluding hydrogens is 230 g/mol. The molecule has 1 atom stereocenters. The average Bonchev–Trinajstić information content (AvgIpc) is 2.39. The van der Waals surface area contributed by atoms with Crippen molar-refractivity contribution >= 4 is 5.97 Å². The zero-order valence-corrected chi connectivity index (χ0v) is 10.3. The van der Waals surface area contributed by atoms with Crippen molar-refractivity contribution < 1.29 is 14.3 Å². The van der Waals surface area contributed by atoms with Gasteiger partial charge in [0, 0.05) is 19.1 Å². The Morgan fingerprint density at radius 3 is 3.00 bits per heavy atom. The van der Waals surface area contributed by atoms with Crippen molar-refractivity contribution in [1.82, 2.24) is 0 Å². The minimum Gasteiger partial charge on any atom is -0.437 e. The molecule has 1 aromatic rings. The van der Waals surface area contributed by atoms with Crippen LogP contribution < -0.4 is 0 Å². The molecule has 1 aliphatic rings. The minimum atomic E-state index is -1.15. The van der Waals surface area contributed by atoms with E-state index in [2.05, 4.69) is 6.07 Å². The zero-order chi connectivity index (χ0) is 13.0. The number of aryl methyl sites for hydroxylation is 1. The second kappa shape index (κ2) is 5.19. The summed E-state index contributed by atoms with van der Waals surface area (Å²) in [6.45, 7) is -0.133. The quantitative estimate of drug-likeness (QED) is 0.763. The van der Waals surface area contributed by atoms with E-state index in [1.165, 1.54) is 7.11 Å². The molecule has 0 saturated heterocycles. The molecule has 0 saturated carbocycles. The fraction of sp³-hybridized carbons (Fsp3) is 0.429. The number of carbonyl (C=O) groups is 1. The van der Waals surface area contributed by atoms with Crippen molar-refractivity contribution in [2.45, 2.75) is 24.9 Å². The van der Waals surface area contributed by atoms with Crippen LogP contribution in [0, 0.1) is 11.3 Å². The molecule has 94 valence electrons. The maximum Gasteiger partial charge on any atom is 0.333 e. The summed E-state index contributed by atoms with van der Waals surface area (Å²) in [5, 5.41) is 9.44. The van der Waals surface area contributed by atoms with Crippen molar-refractivity contribution in [2.75, 3.05) is 13.7 Å². The number of hydrogen-bond donors (Lipinski definition) is 0. The first-order valence-corrected chi connectivity index (χ1v) is 5.92. The summed E-state index contributed by atoms with van der Waals surface area (Å²) in [5.41, 5.74) is 0.739. The van der Waals surface area contributed by atoms with Gasteiger partial charge in [0.15, 0.2) is 0 Å². The van der Waals surface area contributed by atoms with E-state index in [1.807, 2.05) is 24.3 Å². The number of carbonyl (C=O) groups excluding carboxylic acids is 1. The Hall–Kier alpha value is -1.86. The van der Waals surface area contributed by atoms with E-state index in [9.17, 15) is 10.1 Å². The lowest BCUT2D eigenvalue weighted by Gasteiger charge is -2.32. The second-order valence-electron chi connectivity index (χ2n) is 4.36. The van der Waals surface area contributed by atoms with E-state index in [1.54, 1.807) is 0 Å². The lowest BCUT2D eigenvalue weighted by molar-refractivity contribution is -0.161. The predicted octanol–water partition coefficient (Wildman–Crippen LogP) is 1.93. The molecule has 1 aliphatic carbocycles. The lowest BCUT2D eigenvalue weighted by Crippen LogP contribution is -2.35. The third kappa shape index (κ3) is 2.22. The number of methoxy groups -OCH3 is 1. The third-order valence-electron chi connectivity index (χ3n) is 3.16. The van der Waals surface area contributed by atoms with E-state index in [4.69, 9.17) is 9.47 Å². The maximum absolute atomic E-state index is 11.6. The van der Waals surface area contributed by atoms with E-state index in [-0.39, 0.29) is 6.61 Å². The van der Waals surface area contributed by atoms with E-state index < -0.39 is 11.6 Å². The maximum atomic E-state index is 11.6. The van der Waals surface area contributed by atoms with Gasteiger partial charge in [0.05, 0.1) is 0 Å². The molecule has 0 heterocycles. The molecule has 2 rings (SSSR count). The van der Waals surface area contributed by atoms with Gasteiger partial charge in [-0.1, -0.05) is 24.3 Å². The van der Waals surface area contributed by atoms with Crippen LogP contribution in [0.25, 0.3) is 0 Å². The summed E-state index contributed by atoms with van der Waals surface area (Å²) in [5.74, 6) is -0.504. The van der Waals surface area contributed by atoms with Crippen LogP contribution in [-0.4, -0.2) is 19.7 Å². The fourth-order valence-electron chi connectivity index (χ4n) is 2.38. The minimum absolute atomic E-state index is 0.133. The molecule has 4 heteroatoms. The molecule has 0 fully saturated rings. The van der Waals surface area contributed by atoms with E-state index in [0.29, 0.717) is 6.42 Å². The predicted molar refractivity (Wildman–Crippen MR) is 64.6 cm³/mol. The van der Waals surface area contributed by atoms with Crippen LogP contribution in [-0.2, 0) is 26.3 Å². The smallest absolute Gasteiger partial charge is 0.333 e. The molecule has 0 spiro atoms. The molecule has 0 amide bonds. The summed E-state index contributed by atoms with van der Waals surface area (Å²) < 4.78 is 10.1. The van der Waals surface area contributed by atoms with Gasteiger partial charge in [-0.2, -0.15) is 5.26 Å². The molecule has 0 bridgehead atoms. The molecule has 18 heavy (non-hydrogen) atoms. The molecule has 4 nitrogen and oxygen atoms in total. The first kappa shape index (κ1) is 12.6. The van der Waals surface area contributed by atoms with Gasteiger partial charge in [-0.25, -0.2) is 4.79 Å². The standard InChI is InChI=1S/C14H15NO3/c1-17-9-13(16)18-14(10-15)8-4-6-11-5-2-3-7-12(11)14/h2-3,5,7H,4,6,8-9H2,1H3/t14-/m1/s1. The third-order valence-corrected chi connectivity index (χ3v) is 3.16. The lowest BCUT2D eigenvalue weighted by atomic mass is 9.80. The van der Waals surface area contributed by atoms with Gasteiger partial charge in [0.2, 0.25) is 5.60 Å². The molecule has 0 aromatic heterocycles. The van der Waals surface area contributed by atoms with Crippen LogP contribution >= 0.6 is 0 Å². The highest BCUT2D eigenvalue weighted by molar-refractivity contribution is 5.72. The molecule has 0 radical (unpaired) electrons.